The Morgan fingerprint density at radius 2 is 1.29 bits per heavy atom. The lowest BCUT2D eigenvalue weighted by atomic mass is 10.0. The monoisotopic (exact) mass is 387 g/mol. The largest absolute Gasteiger partial charge is 0.295 e. The average Bonchev–Trinajstić information content (AvgIpc) is 2.70. The van der Waals surface area contributed by atoms with Crippen molar-refractivity contribution < 1.29 is 9.72 Å². The van der Waals surface area contributed by atoms with Crippen LogP contribution < -0.4 is 0 Å². The highest BCUT2D eigenvalue weighted by Gasteiger charge is 2.03. The summed E-state index contributed by atoms with van der Waals surface area (Å²) < 4.78 is 0. The van der Waals surface area contributed by atoms with Crippen molar-refractivity contribution in [2.75, 3.05) is 0 Å². The Kier molecular flexibility index (Phi) is 13.8. The molecule has 0 aliphatic heterocycles. The summed E-state index contributed by atoms with van der Waals surface area (Å²) in [5, 5.41) is 10.6. The number of non-ortho nitro benzene ring substituents is 1. The van der Waals surface area contributed by atoms with E-state index >= 15 is 0 Å². The molecule has 0 saturated heterocycles. The molecule has 0 bridgehead atoms. The molecule has 0 fully saturated rings. The van der Waals surface area contributed by atoms with Crippen molar-refractivity contribution in [2.24, 2.45) is 0 Å². The predicted octanol–water partition coefficient (Wildman–Crippen LogP) is 7.66. The van der Waals surface area contributed by atoms with Crippen LogP contribution in [-0.2, 0) is 4.79 Å². The van der Waals surface area contributed by atoms with Crippen molar-refractivity contribution in [3.8, 4) is 0 Å². The zero-order valence-corrected chi connectivity index (χ0v) is 17.5. The summed E-state index contributed by atoms with van der Waals surface area (Å²) in [6, 6.07) is 6.23. The van der Waals surface area contributed by atoms with E-state index in [0.29, 0.717) is 6.42 Å². The van der Waals surface area contributed by atoms with Crippen LogP contribution in [0.15, 0.2) is 30.3 Å². The number of nitro benzene ring substituents is 1. The van der Waals surface area contributed by atoms with Crippen molar-refractivity contribution in [1.29, 1.82) is 0 Å². The van der Waals surface area contributed by atoms with E-state index in [2.05, 4.69) is 6.92 Å². The molecule has 0 aliphatic carbocycles. The zero-order valence-electron chi connectivity index (χ0n) is 17.5. The number of nitrogens with zero attached hydrogens (tertiary/aromatic N) is 1. The molecule has 0 unspecified atom stereocenters. The number of benzene rings is 1. The average molecular weight is 388 g/mol. The number of unbranched alkanes of at least 4 members (excludes halogenated alkanes) is 12. The summed E-state index contributed by atoms with van der Waals surface area (Å²) in [6.45, 7) is 2.26. The molecule has 0 atom stereocenters. The molecule has 156 valence electrons. The Morgan fingerprint density at radius 3 is 1.75 bits per heavy atom. The standard InChI is InChI=1S/C24H37NO3/c1-2-3-4-5-6-7-8-9-10-11-12-13-14-15-24(26)21-18-22-16-19-23(20-17-22)25(27)28/h16-21H,2-15H2,1H3/b21-18+. The van der Waals surface area contributed by atoms with E-state index in [0.717, 1.165) is 18.4 Å². The van der Waals surface area contributed by atoms with Gasteiger partial charge in [0.25, 0.3) is 5.69 Å². The number of ketones is 1. The van der Waals surface area contributed by atoms with Crippen LogP contribution in [0, 0.1) is 10.1 Å². The Bertz CT molecular complexity index is 578. The maximum Gasteiger partial charge on any atom is 0.269 e. The second-order valence-electron chi connectivity index (χ2n) is 7.64. The molecule has 0 aromatic heterocycles. The maximum atomic E-state index is 11.9. The Labute approximate surface area is 170 Å². The van der Waals surface area contributed by atoms with Crippen LogP contribution >= 0.6 is 0 Å². The minimum atomic E-state index is -0.423. The number of allylic oxidation sites excluding steroid dienone is 1. The van der Waals surface area contributed by atoms with Gasteiger partial charge in [0.2, 0.25) is 0 Å². The number of rotatable bonds is 17. The summed E-state index contributed by atoms with van der Waals surface area (Å²) in [4.78, 5) is 22.1. The molecule has 1 aromatic rings. The van der Waals surface area contributed by atoms with Gasteiger partial charge in [-0.05, 0) is 30.2 Å². The summed E-state index contributed by atoms with van der Waals surface area (Å²) in [7, 11) is 0. The third-order valence-electron chi connectivity index (χ3n) is 5.09. The van der Waals surface area contributed by atoms with E-state index in [9.17, 15) is 14.9 Å². The normalized spacial score (nSPS) is 11.2. The van der Waals surface area contributed by atoms with Crippen molar-refractivity contribution in [1.82, 2.24) is 0 Å². The molecule has 28 heavy (non-hydrogen) atoms. The van der Waals surface area contributed by atoms with E-state index in [1.807, 2.05) is 0 Å². The van der Waals surface area contributed by atoms with E-state index in [4.69, 9.17) is 0 Å². The summed E-state index contributed by atoms with van der Waals surface area (Å²) in [6.07, 6.45) is 20.8. The lowest BCUT2D eigenvalue weighted by molar-refractivity contribution is -0.384. The minimum absolute atomic E-state index is 0.0652. The van der Waals surface area contributed by atoms with Crippen molar-refractivity contribution in [2.45, 2.75) is 96.8 Å². The third kappa shape index (κ3) is 12.4. The molecule has 1 rings (SSSR count). The molecule has 0 spiro atoms. The van der Waals surface area contributed by atoms with E-state index < -0.39 is 4.92 Å². The number of nitro groups is 1. The molecular weight excluding hydrogens is 350 g/mol. The van der Waals surface area contributed by atoms with Crippen LogP contribution in [0.3, 0.4) is 0 Å². The third-order valence-corrected chi connectivity index (χ3v) is 5.09. The number of carbonyl (C=O) groups is 1. The fourth-order valence-corrected chi connectivity index (χ4v) is 3.30. The molecular formula is C24H37NO3. The smallest absolute Gasteiger partial charge is 0.269 e. The summed E-state index contributed by atoms with van der Waals surface area (Å²) in [5.41, 5.74) is 0.875. The van der Waals surface area contributed by atoms with Gasteiger partial charge in [0, 0.05) is 18.6 Å². The molecule has 0 heterocycles. The topological polar surface area (TPSA) is 60.2 Å². The lowest BCUT2D eigenvalue weighted by Gasteiger charge is -2.02. The highest BCUT2D eigenvalue weighted by molar-refractivity contribution is 5.93. The van der Waals surface area contributed by atoms with Gasteiger partial charge in [-0.15, -0.1) is 0 Å². The molecule has 0 amide bonds. The van der Waals surface area contributed by atoms with Crippen molar-refractivity contribution in [3.05, 3.63) is 46.0 Å². The molecule has 0 N–H and O–H groups in total. The van der Waals surface area contributed by atoms with Gasteiger partial charge >= 0.3 is 0 Å². The SMILES string of the molecule is CCCCCCCCCCCCCCCC(=O)/C=C/c1ccc([N+](=O)[O-])cc1. The van der Waals surface area contributed by atoms with Crippen LogP contribution in [-0.4, -0.2) is 10.7 Å². The maximum absolute atomic E-state index is 11.9. The Hall–Kier alpha value is -1.97. The second-order valence-corrected chi connectivity index (χ2v) is 7.64. The highest BCUT2D eigenvalue weighted by atomic mass is 16.6. The van der Waals surface area contributed by atoms with Crippen LogP contribution in [0.4, 0.5) is 5.69 Å². The molecule has 4 nitrogen and oxygen atoms in total. The van der Waals surface area contributed by atoms with Crippen LogP contribution in [0.5, 0.6) is 0 Å². The Balaban J connectivity index is 1.97. The first kappa shape index (κ1) is 24.1. The number of hydrogen-bond donors (Lipinski definition) is 0. The first-order valence-corrected chi connectivity index (χ1v) is 11.1. The van der Waals surface area contributed by atoms with Gasteiger partial charge < -0.3 is 0 Å². The van der Waals surface area contributed by atoms with Gasteiger partial charge in [0.05, 0.1) is 4.92 Å². The van der Waals surface area contributed by atoms with Crippen LogP contribution in [0.25, 0.3) is 6.08 Å². The Morgan fingerprint density at radius 1 is 0.821 bits per heavy atom. The molecule has 0 aliphatic rings. The van der Waals surface area contributed by atoms with Gasteiger partial charge in [-0.2, -0.15) is 0 Å². The van der Waals surface area contributed by atoms with Gasteiger partial charge in [0.1, 0.15) is 0 Å². The van der Waals surface area contributed by atoms with Gasteiger partial charge in [-0.25, -0.2) is 0 Å². The first-order valence-electron chi connectivity index (χ1n) is 11.1. The van der Waals surface area contributed by atoms with Gasteiger partial charge in [0.15, 0.2) is 5.78 Å². The van der Waals surface area contributed by atoms with Crippen LogP contribution in [0.2, 0.25) is 0 Å². The number of hydrogen-bond acceptors (Lipinski definition) is 3. The van der Waals surface area contributed by atoms with E-state index in [1.54, 1.807) is 24.3 Å². The quantitative estimate of drug-likeness (QED) is 0.119. The minimum Gasteiger partial charge on any atom is -0.295 e. The van der Waals surface area contributed by atoms with Gasteiger partial charge in [-0.3, -0.25) is 14.9 Å². The van der Waals surface area contributed by atoms with Gasteiger partial charge in [-0.1, -0.05) is 90.0 Å². The zero-order chi connectivity index (χ0) is 20.5. The fraction of sp³-hybridized carbons (Fsp3) is 0.625. The molecule has 0 saturated carbocycles. The molecule has 1 aromatic carbocycles. The summed E-state index contributed by atoms with van der Waals surface area (Å²) in [5.74, 6) is 0.126. The second kappa shape index (κ2) is 16.0. The molecule has 4 heteroatoms. The van der Waals surface area contributed by atoms with Crippen molar-refractivity contribution >= 4 is 17.5 Å². The predicted molar refractivity (Wildman–Crippen MR) is 117 cm³/mol. The van der Waals surface area contributed by atoms with E-state index in [1.165, 1.54) is 82.8 Å². The van der Waals surface area contributed by atoms with Crippen LogP contribution in [0.1, 0.15) is 102 Å². The fourth-order valence-electron chi connectivity index (χ4n) is 3.30. The lowest BCUT2D eigenvalue weighted by Crippen LogP contribution is -1.92. The molecule has 0 radical (unpaired) electrons. The highest BCUT2D eigenvalue weighted by Crippen LogP contribution is 2.14. The first-order chi connectivity index (χ1) is 13.6. The van der Waals surface area contributed by atoms with E-state index in [-0.39, 0.29) is 11.5 Å². The van der Waals surface area contributed by atoms with Crippen molar-refractivity contribution in [3.63, 3.8) is 0 Å². The summed E-state index contributed by atoms with van der Waals surface area (Å²) >= 11 is 0. The number of carbonyl (C=O) groups excluding carboxylic acids is 1.